The molecule has 5 rings (SSSR count). The number of anilines is 1. The van der Waals surface area contributed by atoms with Gasteiger partial charge in [-0.2, -0.15) is 0 Å². The third-order valence-electron chi connectivity index (χ3n) is 6.88. The van der Waals surface area contributed by atoms with Gasteiger partial charge in [0.05, 0.1) is 6.20 Å². The zero-order valence-corrected chi connectivity index (χ0v) is 20.4. The van der Waals surface area contributed by atoms with E-state index in [1.54, 1.807) is 6.07 Å². The van der Waals surface area contributed by atoms with Crippen LogP contribution in [0.4, 0.5) is 19.0 Å². The number of hydrogen-bond acceptors (Lipinski definition) is 6. The fourth-order valence-corrected chi connectivity index (χ4v) is 6.62. The summed E-state index contributed by atoms with van der Waals surface area (Å²) in [6.45, 7) is 1.38. The van der Waals surface area contributed by atoms with Crippen LogP contribution in [-0.2, 0) is 10.0 Å². The van der Waals surface area contributed by atoms with Gasteiger partial charge in [0.1, 0.15) is 21.9 Å². The number of para-hydroxylation sites is 1. The predicted octanol–water partition coefficient (Wildman–Crippen LogP) is 4.81. The van der Waals surface area contributed by atoms with E-state index < -0.39 is 32.2 Å². The van der Waals surface area contributed by atoms with E-state index >= 15 is 4.39 Å². The summed E-state index contributed by atoms with van der Waals surface area (Å²) in [5, 5.41) is 3.32. The van der Waals surface area contributed by atoms with Crippen molar-refractivity contribution in [3.63, 3.8) is 0 Å². The number of fused-ring (bicyclic) bond motifs is 1. The Morgan fingerprint density at radius 2 is 2.00 bits per heavy atom. The van der Waals surface area contributed by atoms with Gasteiger partial charge in [0.2, 0.25) is 10.0 Å². The number of nitrogens with one attached hydrogen (secondary N) is 1. The summed E-state index contributed by atoms with van der Waals surface area (Å²) in [5.41, 5.74) is 6.04. The van der Waals surface area contributed by atoms with Crippen molar-refractivity contribution in [1.29, 1.82) is 0 Å². The average molecular weight is 518 g/mol. The maximum absolute atomic E-state index is 15.1. The van der Waals surface area contributed by atoms with Crippen LogP contribution in [0.5, 0.6) is 0 Å². The highest BCUT2D eigenvalue weighted by molar-refractivity contribution is 7.91. The highest BCUT2D eigenvalue weighted by Crippen LogP contribution is 2.38. The summed E-state index contributed by atoms with van der Waals surface area (Å²) in [4.78, 5) is 8.40. The third-order valence-corrected chi connectivity index (χ3v) is 9.14. The van der Waals surface area contributed by atoms with E-state index in [0.717, 1.165) is 41.6 Å². The molecule has 3 atom stereocenters. The first-order valence-corrected chi connectivity index (χ1v) is 13.2. The van der Waals surface area contributed by atoms with E-state index in [9.17, 15) is 17.2 Å². The Morgan fingerprint density at radius 3 is 2.75 bits per heavy atom. The van der Waals surface area contributed by atoms with Crippen molar-refractivity contribution in [2.45, 2.75) is 55.9 Å². The molecule has 190 valence electrons. The van der Waals surface area contributed by atoms with Crippen LogP contribution in [-0.4, -0.2) is 39.2 Å². The molecule has 1 unspecified atom stereocenters. The van der Waals surface area contributed by atoms with Crippen LogP contribution in [0.15, 0.2) is 54.6 Å². The molecule has 2 aromatic heterocycles. The largest absolute Gasteiger partial charge is 0.365 e. The molecule has 7 nitrogen and oxygen atoms in total. The average Bonchev–Trinajstić information content (AvgIpc) is 3.22. The lowest BCUT2D eigenvalue weighted by Crippen LogP contribution is -2.38. The number of halogens is 3. The molecule has 2 aliphatic rings. The van der Waals surface area contributed by atoms with Crippen LogP contribution in [0, 0.1) is 11.6 Å². The predicted molar refractivity (Wildman–Crippen MR) is 132 cm³/mol. The Balaban J connectivity index is 1.62. The summed E-state index contributed by atoms with van der Waals surface area (Å²) in [7, 11) is -4.33. The molecule has 2 aliphatic carbocycles. The van der Waals surface area contributed by atoms with Crippen molar-refractivity contribution in [1.82, 2.24) is 13.9 Å². The van der Waals surface area contributed by atoms with Gasteiger partial charge in [-0.3, -0.25) is 0 Å². The molecule has 3 N–H and O–H groups in total. The van der Waals surface area contributed by atoms with E-state index in [1.807, 2.05) is 0 Å². The van der Waals surface area contributed by atoms with E-state index in [0.29, 0.717) is 6.42 Å². The van der Waals surface area contributed by atoms with Gasteiger partial charge in [-0.25, -0.2) is 35.5 Å². The first-order valence-electron chi connectivity index (χ1n) is 11.7. The molecule has 11 heteroatoms. The van der Waals surface area contributed by atoms with Crippen LogP contribution in [0.3, 0.4) is 0 Å². The standard InChI is InChI=1S/C25H26F3N5O2S/c1-25(10-4-5-15(26)12-25)36(34,35)33-14-19(18-8-3-9-20(27)22(18)33)23-30-13-21(28)24(32-23)31-17-7-2-6-16(29)11-17/h3-5,8-9,12-14,16-17H,2,6-7,10-11,29H2,1H3,(H,30,31,32)/t16-,17+,25?/m1/s1. The van der Waals surface area contributed by atoms with E-state index in [-0.39, 0.29) is 46.6 Å². The molecule has 0 saturated heterocycles. The second-order valence-corrected chi connectivity index (χ2v) is 11.9. The zero-order valence-electron chi connectivity index (χ0n) is 19.6. The summed E-state index contributed by atoms with van der Waals surface area (Å²) in [5.74, 6) is -2.14. The summed E-state index contributed by atoms with van der Waals surface area (Å²) >= 11 is 0. The van der Waals surface area contributed by atoms with Crippen molar-refractivity contribution >= 4 is 26.7 Å². The topological polar surface area (TPSA) is 103 Å². The van der Waals surface area contributed by atoms with E-state index in [4.69, 9.17) is 5.73 Å². The number of allylic oxidation sites excluding steroid dienone is 3. The number of benzene rings is 1. The number of nitrogens with zero attached hydrogens (tertiary/aromatic N) is 3. The molecule has 1 saturated carbocycles. The van der Waals surface area contributed by atoms with Gasteiger partial charge in [-0.05, 0) is 57.2 Å². The van der Waals surface area contributed by atoms with Crippen molar-refractivity contribution in [2.24, 2.45) is 5.73 Å². The molecule has 2 heterocycles. The first-order chi connectivity index (χ1) is 17.1. The number of hydrogen-bond donors (Lipinski definition) is 2. The third kappa shape index (κ3) is 4.20. The number of rotatable bonds is 5. The van der Waals surface area contributed by atoms with Crippen molar-refractivity contribution in [3.05, 3.63) is 66.3 Å². The SMILES string of the molecule is CC1(S(=O)(=O)n2cc(-c3ncc(F)c(N[C@H]4CCC[C@@H](N)C4)n3)c3cccc(F)c32)C=C(F)C=CC1. The molecule has 3 aromatic rings. The minimum Gasteiger partial charge on any atom is -0.365 e. The zero-order chi connectivity index (χ0) is 25.7. The van der Waals surface area contributed by atoms with Crippen LogP contribution < -0.4 is 11.1 Å². The minimum absolute atomic E-state index is 0.0108. The lowest BCUT2D eigenvalue weighted by Gasteiger charge is -2.27. The first kappa shape index (κ1) is 24.5. The Hall–Kier alpha value is -3.18. The van der Waals surface area contributed by atoms with Gasteiger partial charge in [0.15, 0.2) is 17.5 Å². The van der Waals surface area contributed by atoms with Gasteiger partial charge in [-0.15, -0.1) is 0 Å². The van der Waals surface area contributed by atoms with Gasteiger partial charge in [0, 0.05) is 29.2 Å². The van der Waals surface area contributed by atoms with Crippen LogP contribution in [0.1, 0.15) is 39.0 Å². The highest BCUT2D eigenvalue weighted by atomic mass is 32.2. The highest BCUT2D eigenvalue weighted by Gasteiger charge is 2.41. The van der Waals surface area contributed by atoms with Gasteiger partial charge >= 0.3 is 0 Å². The monoisotopic (exact) mass is 517 g/mol. The normalized spacial score (nSPS) is 24.6. The molecule has 36 heavy (non-hydrogen) atoms. The molecule has 0 amide bonds. The Morgan fingerprint density at radius 1 is 1.19 bits per heavy atom. The number of aromatic nitrogens is 3. The van der Waals surface area contributed by atoms with Crippen molar-refractivity contribution < 1.29 is 21.6 Å². The van der Waals surface area contributed by atoms with Gasteiger partial charge in [0.25, 0.3) is 0 Å². The van der Waals surface area contributed by atoms with Gasteiger partial charge < -0.3 is 11.1 Å². The second-order valence-electron chi connectivity index (χ2n) is 9.59. The number of nitrogens with two attached hydrogens (primary N) is 1. The lowest BCUT2D eigenvalue weighted by atomic mass is 9.92. The Kier molecular flexibility index (Phi) is 6.16. The molecule has 0 bridgehead atoms. The van der Waals surface area contributed by atoms with Crippen LogP contribution in [0.25, 0.3) is 22.3 Å². The molecule has 0 aliphatic heterocycles. The smallest absolute Gasteiger partial charge is 0.248 e. The summed E-state index contributed by atoms with van der Waals surface area (Å²) in [6, 6.07) is 4.07. The van der Waals surface area contributed by atoms with Crippen LogP contribution in [0.2, 0.25) is 0 Å². The Labute approximate surface area is 207 Å². The second kappa shape index (κ2) is 9.04. The van der Waals surface area contributed by atoms with Gasteiger partial charge in [-0.1, -0.05) is 18.2 Å². The lowest BCUT2D eigenvalue weighted by molar-refractivity contribution is 0.407. The van der Waals surface area contributed by atoms with E-state index in [1.165, 1.54) is 31.3 Å². The fourth-order valence-electron chi connectivity index (χ4n) is 4.93. The maximum Gasteiger partial charge on any atom is 0.248 e. The van der Waals surface area contributed by atoms with Crippen molar-refractivity contribution in [3.8, 4) is 11.4 Å². The molecule has 1 aromatic carbocycles. The molecule has 0 radical (unpaired) electrons. The minimum atomic E-state index is -4.33. The van der Waals surface area contributed by atoms with Crippen molar-refractivity contribution in [2.75, 3.05) is 5.32 Å². The maximum atomic E-state index is 15.1. The molecular weight excluding hydrogens is 491 g/mol. The van der Waals surface area contributed by atoms with E-state index in [2.05, 4.69) is 15.3 Å². The summed E-state index contributed by atoms with van der Waals surface area (Å²) < 4.78 is 70.3. The molecular formula is C25H26F3N5O2S. The van der Waals surface area contributed by atoms with Crippen LogP contribution >= 0.6 is 0 Å². The molecule has 0 spiro atoms. The fraction of sp³-hybridized carbons (Fsp3) is 0.360. The Bertz CT molecular complexity index is 1500. The summed E-state index contributed by atoms with van der Waals surface area (Å²) in [6.07, 6.45) is 9.14. The molecule has 1 fully saturated rings. The quantitative estimate of drug-likeness (QED) is 0.504.